The molecule has 0 radical (unpaired) electrons. The lowest BCUT2D eigenvalue weighted by molar-refractivity contribution is 0.582. The van der Waals surface area contributed by atoms with Crippen LogP contribution in [-0.4, -0.2) is 35.4 Å². The zero-order chi connectivity index (χ0) is 13.8. The van der Waals surface area contributed by atoms with Crippen LogP contribution >= 0.6 is 15.9 Å². The van der Waals surface area contributed by atoms with Gasteiger partial charge in [-0.05, 0) is 17.7 Å². The number of halogens is 1. The van der Waals surface area contributed by atoms with Gasteiger partial charge in [-0.25, -0.2) is 21.6 Å². The van der Waals surface area contributed by atoms with Gasteiger partial charge in [0.2, 0.25) is 10.0 Å². The average molecular weight is 356 g/mol. The van der Waals surface area contributed by atoms with Crippen molar-refractivity contribution in [2.24, 2.45) is 0 Å². The summed E-state index contributed by atoms with van der Waals surface area (Å²) in [6.07, 6.45) is 1.06. The minimum atomic E-state index is -3.64. The lowest BCUT2D eigenvalue weighted by atomic mass is 10.2. The molecule has 0 saturated heterocycles. The van der Waals surface area contributed by atoms with Crippen LogP contribution in [0.5, 0.6) is 0 Å². The highest BCUT2D eigenvalue weighted by Crippen LogP contribution is 2.12. The second kappa shape index (κ2) is 6.14. The highest BCUT2D eigenvalue weighted by atomic mass is 79.9. The first-order valence-corrected chi connectivity index (χ1v) is 9.73. The van der Waals surface area contributed by atoms with Crippen LogP contribution in [0.2, 0.25) is 0 Å². The molecule has 1 aromatic rings. The fraction of sp³-hybridized carbons (Fsp3) is 0.400. The molecule has 0 bridgehead atoms. The number of rotatable bonds is 6. The molecular weight excluding hydrogens is 342 g/mol. The quantitative estimate of drug-likeness (QED) is 0.769. The summed E-state index contributed by atoms with van der Waals surface area (Å²) in [5.41, 5.74) is 0.963. The number of alkyl halides is 1. The van der Waals surface area contributed by atoms with Gasteiger partial charge in [-0.15, -0.1) is 0 Å². The molecule has 0 unspecified atom stereocenters. The Bertz CT molecular complexity index is 593. The van der Waals surface area contributed by atoms with Crippen LogP contribution in [0, 0.1) is 0 Å². The van der Waals surface area contributed by atoms with Gasteiger partial charge in [-0.3, -0.25) is 0 Å². The van der Waals surface area contributed by atoms with E-state index in [1.165, 1.54) is 12.1 Å². The number of hydrogen-bond acceptors (Lipinski definition) is 4. The minimum Gasteiger partial charge on any atom is -0.229 e. The Morgan fingerprint density at radius 2 is 1.67 bits per heavy atom. The fourth-order valence-corrected chi connectivity index (χ4v) is 3.21. The van der Waals surface area contributed by atoms with E-state index in [2.05, 4.69) is 20.7 Å². The van der Waals surface area contributed by atoms with E-state index >= 15 is 0 Å². The maximum absolute atomic E-state index is 11.8. The molecule has 0 fully saturated rings. The van der Waals surface area contributed by atoms with E-state index in [4.69, 9.17) is 0 Å². The summed E-state index contributed by atoms with van der Waals surface area (Å²) in [5, 5.41) is 0.648. The van der Waals surface area contributed by atoms with Crippen LogP contribution in [0.4, 0.5) is 0 Å². The lowest BCUT2D eigenvalue weighted by Gasteiger charge is -2.06. The van der Waals surface area contributed by atoms with E-state index in [0.29, 0.717) is 5.33 Å². The number of sulfonamides is 1. The molecule has 1 rings (SSSR count). The molecule has 102 valence electrons. The van der Waals surface area contributed by atoms with Gasteiger partial charge in [0, 0.05) is 18.1 Å². The molecule has 0 aromatic heterocycles. The Kier molecular flexibility index (Phi) is 5.32. The van der Waals surface area contributed by atoms with Crippen molar-refractivity contribution in [3.05, 3.63) is 29.8 Å². The Morgan fingerprint density at radius 3 is 2.11 bits per heavy atom. The van der Waals surface area contributed by atoms with Crippen molar-refractivity contribution in [3.63, 3.8) is 0 Å². The Balaban J connectivity index is 2.74. The zero-order valence-electron chi connectivity index (χ0n) is 9.76. The minimum absolute atomic E-state index is 0.124. The highest BCUT2D eigenvalue weighted by Gasteiger charge is 2.14. The van der Waals surface area contributed by atoms with Gasteiger partial charge in [-0.1, -0.05) is 28.1 Å². The van der Waals surface area contributed by atoms with Crippen molar-refractivity contribution in [2.75, 3.05) is 18.6 Å². The Morgan fingerprint density at radius 1 is 1.11 bits per heavy atom. The van der Waals surface area contributed by atoms with Gasteiger partial charge in [0.05, 0.1) is 10.6 Å². The van der Waals surface area contributed by atoms with Crippen molar-refractivity contribution < 1.29 is 16.8 Å². The first kappa shape index (κ1) is 15.6. The maximum Gasteiger partial charge on any atom is 0.240 e. The molecule has 8 heteroatoms. The average Bonchev–Trinajstić information content (AvgIpc) is 2.27. The monoisotopic (exact) mass is 355 g/mol. The summed E-state index contributed by atoms with van der Waals surface area (Å²) in [5.74, 6) is -0.217. The van der Waals surface area contributed by atoms with Crippen molar-refractivity contribution in [3.8, 4) is 0 Å². The predicted molar refractivity (Wildman–Crippen MR) is 74.0 cm³/mol. The van der Waals surface area contributed by atoms with Crippen LogP contribution in [-0.2, 0) is 25.2 Å². The molecular formula is C10H14BrNO4S2. The fourth-order valence-electron chi connectivity index (χ4n) is 1.20. The molecule has 18 heavy (non-hydrogen) atoms. The topological polar surface area (TPSA) is 80.3 Å². The second-order valence-corrected chi connectivity index (χ2v) is 8.39. The van der Waals surface area contributed by atoms with E-state index in [1.54, 1.807) is 12.1 Å². The normalized spacial score (nSPS) is 12.6. The lowest BCUT2D eigenvalue weighted by Crippen LogP contribution is -2.28. The molecule has 1 aromatic carbocycles. The SMILES string of the molecule is CS(=O)(=O)CCNS(=O)(=O)c1ccc(CBr)cc1. The molecule has 0 aliphatic heterocycles. The van der Waals surface area contributed by atoms with Gasteiger partial charge in [-0.2, -0.15) is 0 Å². The molecule has 0 aliphatic carbocycles. The van der Waals surface area contributed by atoms with Crippen LogP contribution in [0.25, 0.3) is 0 Å². The maximum atomic E-state index is 11.8. The number of benzene rings is 1. The third kappa shape index (κ3) is 5.05. The Labute approximate surface area is 116 Å². The van der Waals surface area contributed by atoms with Crippen LogP contribution in [0.1, 0.15) is 5.56 Å². The third-order valence-electron chi connectivity index (χ3n) is 2.15. The summed E-state index contributed by atoms with van der Waals surface area (Å²) in [6, 6.07) is 6.36. The summed E-state index contributed by atoms with van der Waals surface area (Å²) in [6.45, 7) is -0.124. The predicted octanol–water partition coefficient (Wildman–Crippen LogP) is 0.904. The van der Waals surface area contributed by atoms with Gasteiger partial charge in [0.1, 0.15) is 9.84 Å². The van der Waals surface area contributed by atoms with Crippen molar-refractivity contribution in [1.29, 1.82) is 0 Å². The van der Waals surface area contributed by atoms with Crippen molar-refractivity contribution >= 4 is 35.8 Å². The third-order valence-corrected chi connectivity index (χ3v) is 5.22. The highest BCUT2D eigenvalue weighted by molar-refractivity contribution is 9.08. The summed E-state index contributed by atoms with van der Waals surface area (Å²) >= 11 is 3.26. The smallest absolute Gasteiger partial charge is 0.229 e. The molecule has 0 amide bonds. The van der Waals surface area contributed by atoms with Gasteiger partial charge < -0.3 is 0 Å². The molecule has 0 spiro atoms. The molecule has 1 N–H and O–H groups in total. The van der Waals surface area contributed by atoms with Gasteiger partial charge in [0.25, 0.3) is 0 Å². The number of nitrogens with one attached hydrogen (secondary N) is 1. The summed E-state index contributed by atoms with van der Waals surface area (Å²) < 4.78 is 47.6. The molecule has 0 aliphatic rings. The molecule has 0 saturated carbocycles. The van der Waals surface area contributed by atoms with Crippen LogP contribution in [0.3, 0.4) is 0 Å². The number of hydrogen-bond donors (Lipinski definition) is 1. The van der Waals surface area contributed by atoms with Gasteiger partial charge in [0.15, 0.2) is 0 Å². The summed E-state index contributed by atoms with van der Waals surface area (Å²) in [7, 11) is -6.81. The molecule has 0 heterocycles. The standard InChI is InChI=1S/C10H14BrNO4S2/c1-17(13,14)7-6-12-18(15,16)10-4-2-9(8-11)3-5-10/h2-5,12H,6-8H2,1H3. The van der Waals surface area contributed by atoms with Crippen molar-refractivity contribution in [2.45, 2.75) is 10.2 Å². The van der Waals surface area contributed by atoms with E-state index in [9.17, 15) is 16.8 Å². The van der Waals surface area contributed by atoms with Crippen molar-refractivity contribution in [1.82, 2.24) is 4.72 Å². The zero-order valence-corrected chi connectivity index (χ0v) is 13.0. The van der Waals surface area contributed by atoms with Crippen LogP contribution < -0.4 is 4.72 Å². The second-order valence-electron chi connectivity index (χ2n) is 3.81. The van der Waals surface area contributed by atoms with Gasteiger partial charge >= 0.3 is 0 Å². The summed E-state index contributed by atoms with van der Waals surface area (Å²) in [4.78, 5) is 0.126. The van der Waals surface area contributed by atoms with Crippen LogP contribution in [0.15, 0.2) is 29.2 Å². The first-order valence-electron chi connectivity index (χ1n) is 5.07. The molecule has 0 atom stereocenters. The van der Waals surface area contributed by atoms with E-state index in [1.807, 2.05) is 0 Å². The van der Waals surface area contributed by atoms with E-state index in [-0.39, 0.29) is 17.2 Å². The largest absolute Gasteiger partial charge is 0.240 e. The first-order chi connectivity index (χ1) is 8.24. The van der Waals surface area contributed by atoms with E-state index in [0.717, 1.165) is 11.8 Å². The molecule has 5 nitrogen and oxygen atoms in total. The van der Waals surface area contributed by atoms with E-state index < -0.39 is 19.9 Å². The Hall–Kier alpha value is -0.440. The number of sulfone groups is 1.